The van der Waals surface area contributed by atoms with Crippen molar-refractivity contribution in [3.63, 3.8) is 0 Å². The number of hydrogen-bond acceptors (Lipinski definition) is 23. The first kappa shape index (κ1) is 105. The number of unbranched alkanes of at least 4 members (excludes halogenated alkanes) is 4. The Morgan fingerprint density at radius 2 is 1.27 bits per heavy atom. The van der Waals surface area contributed by atoms with Gasteiger partial charge in [-0.15, -0.1) is 0 Å². The molecule has 22 N–H and O–H groups in total. The van der Waals surface area contributed by atoms with Crippen molar-refractivity contribution in [1.82, 2.24) is 58.2 Å². The van der Waals surface area contributed by atoms with Crippen LogP contribution in [0.5, 0.6) is 5.75 Å². The van der Waals surface area contributed by atoms with Gasteiger partial charge in [-0.3, -0.25) is 71.9 Å². The molecule has 0 radical (unpaired) electrons. The standard InChI is InChI=1S/C91H132N16O18S2/c1-52-22-21-26-66-64(51-99-77(52)66)46-70-84(120)101-68(28-14-12-13-23-54(3)108)83(119)107-79(89(7,8)126-127-90(9,10)80(100-57(6)111)87(123)104-71(49-76(96)116)85(121)106-78(55(4)109)86(122)103-70)73(113)48-63(43-58-30-33-65(34-31-58)125-41-38-93)82(118)102-69(45-59-29-32-60-24-15-16-25-61(60)44-59)74(114)50-91(11,36-18-19-37-92)88(124)105-67(27-17-20-39-97-56(5)110)72(112)47-62(42-53(2)94)81(117)98-40-35-75(95)115/h15-16,21-22,24-26,29-34,44,51,53,55,62-63,67-71,78-80,99,109H,12-14,17-20,23,27-28,35-43,45-50,92-94H2,1-11H3,(H2,95,115)(H2,96,116)(H,97,110)(H,98,117)(H,100,111)(H,101,120)(H,102,118)(H,103,122)(H,104,123)(H,105,124)(H,106,121)(H,107,119)/t53?,55-,62-,63-,67+,68+,69+,70+,71+,78?,79-,80-,91-/m1/s1. The molecule has 0 aliphatic carbocycles. The van der Waals surface area contributed by atoms with Crippen molar-refractivity contribution >= 4 is 137 Å². The summed E-state index contributed by atoms with van der Waals surface area (Å²) >= 11 is 0. The Kier molecular flexibility index (Phi) is 42.0. The van der Waals surface area contributed by atoms with E-state index in [-0.39, 0.29) is 109 Å². The quantitative estimate of drug-likeness (QED) is 0.0194. The number of carbonyl (C=O) groups is 16. The Balaban J connectivity index is 1.54. The number of fused-ring (bicyclic) bond motifs is 2. The maximum Gasteiger partial charge on any atom is 0.245 e. The Morgan fingerprint density at radius 3 is 1.91 bits per heavy atom. The van der Waals surface area contributed by atoms with Gasteiger partial charge in [0.25, 0.3) is 0 Å². The molecule has 0 bridgehead atoms. The number of aryl methyl sites for hydroxylation is 1. The SMILES string of the molecule is CC(=O)CCCCC[C@@H]1NC(=O)[C@H](Cc2c[nH]c3c(C)cccc23)NC(=O)C([C@@H](C)O)NC(=O)[C@H](CC(N)=O)NC(=O)[C@@H](NC(C)=O)C(C)(C)SSC(C)(C)[C@@H](C(=O)C[C@@H](Cc2ccc(OCCN)cc2)C(=O)N[C@@H](Cc2ccc3ccccc3c2)C(=O)C[C@@](C)(CCCCN)C(=O)N[C@@H](CCCCNC(C)=O)C(=O)C[C@@H](CC(C)N)C(=O)NCCC(N)=O)NC1=O. The van der Waals surface area contributed by atoms with E-state index in [2.05, 4.69) is 58.2 Å². The van der Waals surface area contributed by atoms with Crippen molar-refractivity contribution in [2.24, 2.45) is 45.9 Å². The fourth-order valence-electron chi connectivity index (χ4n) is 15.3. The predicted octanol–water partition coefficient (Wildman–Crippen LogP) is 3.92. The first-order valence-electron chi connectivity index (χ1n) is 43.5. The lowest BCUT2D eigenvalue weighted by atomic mass is 9.77. The summed E-state index contributed by atoms with van der Waals surface area (Å²) in [6.07, 6.45) is -0.925. The molecule has 0 saturated carbocycles. The third-order valence-electron chi connectivity index (χ3n) is 22.4. The van der Waals surface area contributed by atoms with E-state index in [4.69, 9.17) is 33.4 Å². The number of ketones is 4. The van der Waals surface area contributed by atoms with Gasteiger partial charge in [-0.05, 0) is 171 Å². The van der Waals surface area contributed by atoms with Gasteiger partial charge < -0.3 is 101 Å². The molecule has 127 heavy (non-hydrogen) atoms. The summed E-state index contributed by atoms with van der Waals surface area (Å²) in [7, 11) is 1.94. The van der Waals surface area contributed by atoms with Gasteiger partial charge in [-0.2, -0.15) is 0 Å². The number of amides is 12. The molecule has 696 valence electrons. The van der Waals surface area contributed by atoms with Crippen LogP contribution in [0.1, 0.15) is 201 Å². The maximum absolute atomic E-state index is 16.5. The second-order valence-electron chi connectivity index (χ2n) is 34.7. The van der Waals surface area contributed by atoms with E-state index >= 15 is 28.8 Å². The number of aliphatic hydroxyl groups is 1. The number of nitrogens with two attached hydrogens (primary N) is 5. The first-order valence-corrected chi connectivity index (χ1v) is 45.6. The number of hydrogen-bond donors (Lipinski definition) is 17. The minimum absolute atomic E-state index is 0.0316. The van der Waals surface area contributed by atoms with E-state index in [0.29, 0.717) is 71.9 Å². The van der Waals surface area contributed by atoms with Gasteiger partial charge in [-0.25, -0.2) is 0 Å². The zero-order valence-electron chi connectivity index (χ0n) is 74.9. The number of carbonyl (C=O) groups excluding carboxylic acids is 16. The Labute approximate surface area is 750 Å². The van der Waals surface area contributed by atoms with Crippen LogP contribution in [0.3, 0.4) is 0 Å². The molecule has 1 saturated heterocycles. The number of aliphatic hydroxyl groups excluding tert-OH is 1. The van der Waals surface area contributed by atoms with Gasteiger partial charge in [0.15, 0.2) is 17.3 Å². The van der Waals surface area contributed by atoms with Crippen LogP contribution in [-0.2, 0) is 96.0 Å². The largest absolute Gasteiger partial charge is 0.492 e. The molecule has 2 unspecified atom stereocenters. The van der Waals surface area contributed by atoms with E-state index in [1.165, 1.54) is 20.8 Å². The average molecular weight is 1800 g/mol. The van der Waals surface area contributed by atoms with Crippen LogP contribution in [0.2, 0.25) is 0 Å². The summed E-state index contributed by atoms with van der Waals surface area (Å²) < 4.78 is 2.76. The molecule has 4 aromatic carbocycles. The molecule has 2 heterocycles. The smallest absolute Gasteiger partial charge is 0.245 e. The second-order valence-corrected chi connectivity index (χ2v) is 38.1. The number of H-pyrrole nitrogens is 1. The van der Waals surface area contributed by atoms with Gasteiger partial charge in [0.2, 0.25) is 70.9 Å². The van der Waals surface area contributed by atoms with Gasteiger partial charge in [-0.1, -0.05) is 121 Å². The Bertz CT molecular complexity index is 4670. The molecule has 1 aromatic heterocycles. The lowest BCUT2D eigenvalue weighted by Gasteiger charge is -2.39. The van der Waals surface area contributed by atoms with Crippen molar-refractivity contribution in [3.8, 4) is 5.75 Å². The minimum atomic E-state index is -1.90. The van der Waals surface area contributed by atoms with Crippen molar-refractivity contribution in [2.45, 2.75) is 275 Å². The number of ether oxygens (including phenoxy) is 1. The minimum Gasteiger partial charge on any atom is -0.492 e. The fraction of sp³-hybridized carbons (Fsp3) is 0.560. The molecule has 1 aliphatic rings. The molecule has 36 heteroatoms. The molecule has 6 rings (SSSR count). The number of nitrogens with one attached hydrogen (secondary N) is 11. The van der Waals surface area contributed by atoms with Crippen LogP contribution < -0.4 is 86.6 Å². The molecule has 12 amide bonds. The summed E-state index contributed by atoms with van der Waals surface area (Å²) in [5.41, 5.74) is 30.6. The lowest BCUT2D eigenvalue weighted by Crippen LogP contribution is -2.63. The molecule has 1 aliphatic heterocycles. The highest BCUT2D eigenvalue weighted by atomic mass is 33.1. The summed E-state index contributed by atoms with van der Waals surface area (Å²) in [6.45, 7) is 17.2. The topological polar surface area (TPSA) is 569 Å². The van der Waals surface area contributed by atoms with Crippen LogP contribution in [0.25, 0.3) is 21.7 Å². The number of benzene rings is 4. The van der Waals surface area contributed by atoms with Crippen molar-refractivity contribution in [3.05, 3.63) is 113 Å². The summed E-state index contributed by atoms with van der Waals surface area (Å²) in [6, 6.07) is 11.5. The summed E-state index contributed by atoms with van der Waals surface area (Å²) in [4.78, 5) is 234. The molecular formula is C91H132N16O18S2. The zero-order chi connectivity index (χ0) is 94.0. The first-order chi connectivity index (χ1) is 59.9. The van der Waals surface area contributed by atoms with Crippen molar-refractivity contribution in [1.29, 1.82) is 0 Å². The number of para-hydroxylation sites is 1. The molecule has 5 aromatic rings. The Morgan fingerprint density at radius 1 is 0.606 bits per heavy atom. The van der Waals surface area contributed by atoms with E-state index in [1.807, 2.05) is 49.4 Å². The van der Waals surface area contributed by atoms with E-state index in [9.17, 15) is 53.1 Å². The van der Waals surface area contributed by atoms with E-state index in [1.54, 1.807) is 90.2 Å². The van der Waals surface area contributed by atoms with E-state index in [0.717, 1.165) is 44.8 Å². The maximum atomic E-state index is 16.5. The van der Waals surface area contributed by atoms with Crippen LogP contribution in [0.4, 0.5) is 0 Å². The van der Waals surface area contributed by atoms with Crippen LogP contribution in [0.15, 0.2) is 91.1 Å². The average Bonchev–Trinajstić information content (AvgIpc) is 1.27. The highest BCUT2D eigenvalue weighted by molar-refractivity contribution is 8.77. The van der Waals surface area contributed by atoms with Gasteiger partial charge in [0.05, 0.1) is 30.0 Å². The number of Topliss-reactive ketones (excluding diaryl/α,β-unsaturated/α-hetero) is 4. The number of aromatic amines is 1. The third-order valence-corrected chi connectivity index (χ3v) is 26.6. The predicted molar refractivity (Wildman–Crippen MR) is 487 cm³/mol. The highest BCUT2D eigenvalue weighted by Crippen LogP contribution is 2.47. The molecule has 1 fully saturated rings. The lowest BCUT2D eigenvalue weighted by molar-refractivity contribution is -0.139. The third kappa shape index (κ3) is 34.1. The number of aromatic nitrogens is 1. The van der Waals surface area contributed by atoms with Crippen LogP contribution in [-0.4, -0.2) is 207 Å². The van der Waals surface area contributed by atoms with Gasteiger partial charge in [0.1, 0.15) is 54.4 Å². The molecular weight excluding hydrogens is 1670 g/mol. The normalized spacial score (nSPS) is 19.6. The van der Waals surface area contributed by atoms with Crippen LogP contribution >= 0.6 is 21.6 Å². The molecule has 0 spiro atoms. The van der Waals surface area contributed by atoms with Crippen LogP contribution in [0, 0.1) is 24.2 Å². The van der Waals surface area contributed by atoms with Gasteiger partial charge in [0, 0.05) is 116 Å². The second kappa shape index (κ2) is 50.8. The number of rotatable bonds is 47. The summed E-state index contributed by atoms with van der Waals surface area (Å²) in [5.74, 6) is -14.2. The molecule has 34 nitrogen and oxygen atoms in total. The monoisotopic (exact) mass is 1800 g/mol. The van der Waals surface area contributed by atoms with Crippen molar-refractivity contribution in [2.75, 3.05) is 32.8 Å². The fourth-order valence-corrected chi connectivity index (χ4v) is 18.1. The van der Waals surface area contributed by atoms with Gasteiger partial charge >= 0.3 is 0 Å². The Hall–Kier alpha value is -10.7. The van der Waals surface area contributed by atoms with E-state index < -0.39 is 195 Å². The molecule has 13 atom stereocenters. The summed E-state index contributed by atoms with van der Waals surface area (Å²) in [5, 5.41) is 41.0. The zero-order valence-corrected chi connectivity index (χ0v) is 76.5. The van der Waals surface area contributed by atoms with Crippen molar-refractivity contribution < 1.29 is 86.6 Å². The number of primary amides is 2. The highest BCUT2D eigenvalue weighted by Gasteiger charge is 2.47.